The predicted octanol–water partition coefficient (Wildman–Crippen LogP) is 2.53. The number of hydrogen-bond acceptors (Lipinski definition) is 5. The summed E-state index contributed by atoms with van der Waals surface area (Å²) in [6, 6.07) is 18.4. The predicted molar refractivity (Wildman–Crippen MR) is 103 cm³/mol. The maximum Gasteiger partial charge on any atom is 0.446 e. The van der Waals surface area contributed by atoms with Crippen LogP contribution in [0.4, 0.5) is 5.69 Å². The average Bonchev–Trinajstić information content (AvgIpc) is 2.62. The van der Waals surface area contributed by atoms with Crippen molar-refractivity contribution < 1.29 is 21.9 Å². The number of benzene rings is 3. The molecule has 4 N–H and O–H groups in total. The van der Waals surface area contributed by atoms with Crippen LogP contribution in [0.5, 0.6) is 5.75 Å². The van der Waals surface area contributed by atoms with E-state index in [2.05, 4.69) is 9.50 Å². The van der Waals surface area contributed by atoms with Crippen molar-refractivity contribution >= 4 is 32.8 Å². The molecule has 7 nitrogen and oxygen atoms in total. The quantitative estimate of drug-likeness (QED) is 0.560. The number of amides is 1. The molecular formula is C19H18N2O5S. The van der Waals surface area contributed by atoms with Crippen LogP contribution in [0, 0.1) is 0 Å². The molecule has 0 bridgehead atoms. The van der Waals surface area contributed by atoms with Crippen molar-refractivity contribution in [3.63, 3.8) is 0 Å². The van der Waals surface area contributed by atoms with Gasteiger partial charge in [-0.15, -0.1) is 0 Å². The van der Waals surface area contributed by atoms with Gasteiger partial charge >= 0.3 is 10.4 Å². The highest BCUT2D eigenvalue weighted by atomic mass is 32.3. The molecule has 0 aliphatic rings. The van der Waals surface area contributed by atoms with Gasteiger partial charge in [0.25, 0.3) is 0 Å². The zero-order valence-corrected chi connectivity index (χ0v) is 15.0. The normalized spacial score (nSPS) is 12.5. The van der Waals surface area contributed by atoms with Crippen LogP contribution >= 0.6 is 0 Å². The lowest BCUT2D eigenvalue weighted by atomic mass is 10.0. The monoisotopic (exact) mass is 386 g/mol. The Morgan fingerprint density at radius 2 is 1.70 bits per heavy atom. The van der Waals surface area contributed by atoms with Crippen LogP contribution in [-0.4, -0.2) is 24.9 Å². The van der Waals surface area contributed by atoms with Crippen molar-refractivity contribution in [1.82, 2.24) is 0 Å². The molecular weight excluding hydrogens is 368 g/mol. The zero-order valence-electron chi connectivity index (χ0n) is 14.2. The minimum Gasteiger partial charge on any atom is -0.362 e. The summed E-state index contributed by atoms with van der Waals surface area (Å²) in [6.45, 7) is 0. The number of rotatable bonds is 6. The molecule has 3 aromatic carbocycles. The molecule has 3 aromatic rings. The fraction of sp³-hybridized carbons (Fsp3) is 0.105. The van der Waals surface area contributed by atoms with Crippen LogP contribution in [0.1, 0.15) is 5.56 Å². The van der Waals surface area contributed by atoms with Crippen LogP contribution in [0.2, 0.25) is 0 Å². The molecule has 0 radical (unpaired) electrons. The summed E-state index contributed by atoms with van der Waals surface area (Å²) in [7, 11) is -4.57. The van der Waals surface area contributed by atoms with E-state index in [0.717, 1.165) is 16.3 Å². The van der Waals surface area contributed by atoms with E-state index < -0.39 is 16.4 Å². The summed E-state index contributed by atoms with van der Waals surface area (Å²) in [5.74, 6) is -0.361. The number of hydrogen-bond donors (Lipinski definition) is 3. The van der Waals surface area contributed by atoms with Crippen molar-refractivity contribution in [2.45, 2.75) is 12.5 Å². The van der Waals surface area contributed by atoms with Crippen LogP contribution in [0.15, 0.2) is 66.7 Å². The summed E-state index contributed by atoms with van der Waals surface area (Å²) in [4.78, 5) is 12.4. The summed E-state index contributed by atoms with van der Waals surface area (Å²) >= 11 is 0. The number of carbonyl (C=O) groups excluding carboxylic acids is 1. The fourth-order valence-corrected chi connectivity index (χ4v) is 3.06. The molecule has 0 saturated heterocycles. The van der Waals surface area contributed by atoms with Crippen molar-refractivity contribution in [3.05, 3.63) is 72.3 Å². The van der Waals surface area contributed by atoms with E-state index in [1.807, 2.05) is 42.5 Å². The molecule has 0 heterocycles. The highest BCUT2D eigenvalue weighted by Gasteiger charge is 2.16. The van der Waals surface area contributed by atoms with Crippen LogP contribution in [0.25, 0.3) is 10.8 Å². The van der Waals surface area contributed by atoms with E-state index in [4.69, 9.17) is 10.3 Å². The Morgan fingerprint density at radius 1 is 1.04 bits per heavy atom. The molecule has 0 saturated carbocycles. The zero-order chi connectivity index (χ0) is 19.4. The first-order valence-corrected chi connectivity index (χ1v) is 9.48. The van der Waals surface area contributed by atoms with Gasteiger partial charge in [0.2, 0.25) is 5.91 Å². The molecule has 0 unspecified atom stereocenters. The summed E-state index contributed by atoms with van der Waals surface area (Å²) in [5, 5.41) is 4.78. The Balaban J connectivity index is 1.67. The summed E-state index contributed by atoms with van der Waals surface area (Å²) in [6.07, 6.45) is 0.253. The minimum absolute atomic E-state index is 0.0324. The van der Waals surface area contributed by atoms with Gasteiger partial charge in [0.15, 0.2) is 0 Å². The van der Waals surface area contributed by atoms with Gasteiger partial charge in [0, 0.05) is 11.1 Å². The maximum atomic E-state index is 12.4. The fourth-order valence-electron chi connectivity index (χ4n) is 2.71. The highest BCUT2D eigenvalue weighted by Crippen LogP contribution is 2.23. The summed E-state index contributed by atoms with van der Waals surface area (Å²) < 4.78 is 34.4. The smallest absolute Gasteiger partial charge is 0.362 e. The van der Waals surface area contributed by atoms with E-state index in [9.17, 15) is 13.2 Å². The molecule has 27 heavy (non-hydrogen) atoms. The molecule has 0 fully saturated rings. The molecule has 0 aliphatic carbocycles. The Bertz CT molecular complexity index is 1060. The van der Waals surface area contributed by atoms with Crippen LogP contribution in [-0.2, 0) is 21.6 Å². The van der Waals surface area contributed by atoms with E-state index in [1.165, 1.54) is 12.1 Å². The third-order valence-corrected chi connectivity index (χ3v) is 4.37. The SMILES string of the molecule is N[C@@H](Cc1ccc(OS(=O)(=O)O)cc1)C(=O)Nc1cccc2ccccc12. The first-order valence-electron chi connectivity index (χ1n) is 8.12. The Labute approximate surface area is 156 Å². The lowest BCUT2D eigenvalue weighted by Gasteiger charge is -2.14. The van der Waals surface area contributed by atoms with Crippen molar-refractivity contribution in [2.24, 2.45) is 5.73 Å². The number of anilines is 1. The summed E-state index contributed by atoms with van der Waals surface area (Å²) in [5.41, 5.74) is 7.41. The van der Waals surface area contributed by atoms with Gasteiger partial charge in [-0.25, -0.2) is 0 Å². The molecule has 140 valence electrons. The Kier molecular flexibility index (Phi) is 5.41. The van der Waals surface area contributed by atoms with Crippen molar-refractivity contribution in [3.8, 4) is 5.75 Å². The first-order chi connectivity index (χ1) is 12.8. The number of carbonyl (C=O) groups is 1. The van der Waals surface area contributed by atoms with Gasteiger partial charge in [0.1, 0.15) is 5.75 Å². The highest BCUT2D eigenvalue weighted by molar-refractivity contribution is 7.81. The van der Waals surface area contributed by atoms with Gasteiger partial charge in [-0.05, 0) is 35.6 Å². The minimum atomic E-state index is -4.57. The largest absolute Gasteiger partial charge is 0.446 e. The molecule has 3 rings (SSSR count). The van der Waals surface area contributed by atoms with E-state index in [0.29, 0.717) is 5.69 Å². The van der Waals surface area contributed by atoms with E-state index in [-0.39, 0.29) is 18.1 Å². The van der Waals surface area contributed by atoms with Crippen molar-refractivity contribution in [1.29, 1.82) is 0 Å². The molecule has 0 aliphatic heterocycles. The first kappa shape index (κ1) is 18.8. The second-order valence-electron chi connectivity index (χ2n) is 5.98. The lowest BCUT2D eigenvalue weighted by Crippen LogP contribution is -2.37. The van der Waals surface area contributed by atoms with E-state index >= 15 is 0 Å². The Hall–Kier alpha value is -2.94. The van der Waals surface area contributed by atoms with Gasteiger partial charge in [-0.1, -0.05) is 48.5 Å². The second kappa shape index (κ2) is 7.75. The van der Waals surface area contributed by atoms with Crippen LogP contribution < -0.4 is 15.2 Å². The Morgan fingerprint density at radius 3 is 2.41 bits per heavy atom. The molecule has 1 atom stereocenters. The topological polar surface area (TPSA) is 119 Å². The number of nitrogens with two attached hydrogens (primary N) is 1. The van der Waals surface area contributed by atoms with Crippen LogP contribution in [0.3, 0.4) is 0 Å². The standard InChI is InChI=1S/C19H18N2O5S/c20-17(12-13-8-10-15(11-9-13)26-27(23,24)25)19(22)21-18-7-3-5-14-4-1-2-6-16(14)18/h1-11,17H,12,20H2,(H,21,22)(H,23,24,25)/t17-/m0/s1. The third-order valence-electron chi connectivity index (χ3n) is 3.96. The molecule has 0 aromatic heterocycles. The third kappa shape index (κ3) is 5.04. The van der Waals surface area contributed by atoms with Crippen molar-refractivity contribution in [2.75, 3.05) is 5.32 Å². The van der Waals surface area contributed by atoms with Gasteiger partial charge in [-0.3, -0.25) is 9.35 Å². The van der Waals surface area contributed by atoms with Gasteiger partial charge in [-0.2, -0.15) is 8.42 Å². The number of nitrogens with one attached hydrogen (secondary N) is 1. The molecule has 8 heteroatoms. The lowest BCUT2D eigenvalue weighted by molar-refractivity contribution is -0.117. The molecule has 1 amide bonds. The maximum absolute atomic E-state index is 12.4. The number of fused-ring (bicyclic) bond motifs is 1. The van der Waals surface area contributed by atoms with E-state index in [1.54, 1.807) is 12.1 Å². The molecule has 0 spiro atoms. The van der Waals surface area contributed by atoms with Gasteiger partial charge < -0.3 is 15.2 Å². The second-order valence-corrected chi connectivity index (χ2v) is 7.00. The van der Waals surface area contributed by atoms with Gasteiger partial charge in [0.05, 0.1) is 6.04 Å². The average molecular weight is 386 g/mol.